The van der Waals surface area contributed by atoms with Gasteiger partial charge in [0.25, 0.3) is 0 Å². The van der Waals surface area contributed by atoms with Crippen LogP contribution >= 0.6 is 12.2 Å². The van der Waals surface area contributed by atoms with Gasteiger partial charge < -0.3 is 16.0 Å². The van der Waals surface area contributed by atoms with Gasteiger partial charge in [-0.1, -0.05) is 12.1 Å². The molecule has 0 aliphatic carbocycles. The van der Waals surface area contributed by atoms with Gasteiger partial charge in [0, 0.05) is 12.2 Å². The Balaban J connectivity index is 2.14. The van der Waals surface area contributed by atoms with E-state index in [1.165, 1.54) is 11.1 Å². The molecule has 1 amide bonds. The van der Waals surface area contributed by atoms with Crippen LogP contribution in [0.1, 0.15) is 30.4 Å². The largest absolute Gasteiger partial charge is 0.368 e. The van der Waals surface area contributed by atoms with Crippen molar-refractivity contribution in [1.82, 2.24) is 4.90 Å². The molecule has 1 aromatic carbocycles. The molecule has 1 unspecified atom stereocenters. The van der Waals surface area contributed by atoms with Gasteiger partial charge >= 0.3 is 0 Å². The lowest BCUT2D eigenvalue weighted by Gasteiger charge is -2.35. The summed E-state index contributed by atoms with van der Waals surface area (Å²) in [5, 5.41) is 3.84. The quantitative estimate of drug-likeness (QED) is 0.821. The minimum atomic E-state index is -0.296. The lowest BCUT2D eigenvalue weighted by atomic mass is 10.0. The monoisotopic (exact) mass is 291 g/mol. The maximum Gasteiger partial charge on any atom is 0.240 e. The predicted octanol–water partition coefficient (Wildman–Crippen LogP) is 2.34. The summed E-state index contributed by atoms with van der Waals surface area (Å²) >= 11 is 5.46. The van der Waals surface area contributed by atoms with E-state index in [0.717, 1.165) is 31.5 Å². The van der Waals surface area contributed by atoms with E-state index >= 15 is 0 Å². The summed E-state index contributed by atoms with van der Waals surface area (Å²) < 4.78 is 0. The highest BCUT2D eigenvalue weighted by Crippen LogP contribution is 2.21. The van der Waals surface area contributed by atoms with Crippen LogP contribution in [0.3, 0.4) is 0 Å². The number of aryl methyl sites for hydroxylation is 1. The Morgan fingerprint density at radius 2 is 2.15 bits per heavy atom. The second kappa shape index (κ2) is 6.22. The summed E-state index contributed by atoms with van der Waals surface area (Å²) in [5.41, 5.74) is 8.84. The zero-order valence-corrected chi connectivity index (χ0v) is 12.8. The highest BCUT2D eigenvalue weighted by Gasteiger charge is 2.28. The molecule has 2 rings (SSSR count). The van der Waals surface area contributed by atoms with Gasteiger partial charge in [-0.25, -0.2) is 0 Å². The second-order valence-electron chi connectivity index (χ2n) is 5.28. The third-order valence-corrected chi connectivity index (χ3v) is 4.27. The molecule has 1 saturated heterocycles. The van der Waals surface area contributed by atoms with Gasteiger partial charge in [0.15, 0.2) is 5.11 Å². The van der Waals surface area contributed by atoms with E-state index in [9.17, 15) is 4.79 Å². The van der Waals surface area contributed by atoms with E-state index in [4.69, 9.17) is 18.0 Å². The number of nitrogens with two attached hydrogens (primary N) is 1. The van der Waals surface area contributed by atoms with E-state index in [0.29, 0.717) is 5.11 Å². The lowest BCUT2D eigenvalue weighted by Crippen LogP contribution is -2.51. The Kier molecular flexibility index (Phi) is 4.60. The number of benzene rings is 1. The number of amides is 1. The fourth-order valence-corrected chi connectivity index (χ4v) is 2.87. The van der Waals surface area contributed by atoms with Crippen molar-refractivity contribution in [2.75, 3.05) is 11.9 Å². The fraction of sp³-hybridized carbons (Fsp3) is 0.467. The Bertz CT molecular complexity index is 530. The van der Waals surface area contributed by atoms with Crippen LogP contribution in [0, 0.1) is 13.8 Å². The number of primary amides is 1. The van der Waals surface area contributed by atoms with Crippen molar-refractivity contribution in [2.45, 2.75) is 39.2 Å². The molecular formula is C15H21N3OS. The normalized spacial score (nSPS) is 18.7. The number of piperidine rings is 1. The lowest BCUT2D eigenvalue weighted by molar-refractivity contribution is -0.122. The van der Waals surface area contributed by atoms with Crippen LogP contribution in [-0.4, -0.2) is 28.5 Å². The van der Waals surface area contributed by atoms with E-state index in [-0.39, 0.29) is 11.9 Å². The molecule has 0 spiro atoms. The highest BCUT2D eigenvalue weighted by atomic mass is 32.1. The summed E-state index contributed by atoms with van der Waals surface area (Å²) in [4.78, 5) is 13.5. The Morgan fingerprint density at radius 3 is 2.85 bits per heavy atom. The number of nitrogens with one attached hydrogen (secondary N) is 1. The maximum absolute atomic E-state index is 11.5. The molecule has 1 aliphatic rings. The van der Waals surface area contributed by atoms with Crippen LogP contribution < -0.4 is 11.1 Å². The van der Waals surface area contributed by atoms with Gasteiger partial charge in [0.1, 0.15) is 6.04 Å². The summed E-state index contributed by atoms with van der Waals surface area (Å²) in [6.45, 7) is 4.91. The molecule has 1 aliphatic heterocycles. The zero-order chi connectivity index (χ0) is 14.7. The standard InChI is InChI=1S/C15H21N3OS/c1-10-6-5-7-12(11(10)2)17-15(20)18-9-4-3-8-13(18)14(16)19/h5-7,13H,3-4,8-9H2,1-2H3,(H2,16,19)(H,17,20). The van der Waals surface area contributed by atoms with Crippen molar-refractivity contribution in [3.8, 4) is 0 Å². The number of nitrogens with zero attached hydrogens (tertiary/aromatic N) is 1. The van der Waals surface area contributed by atoms with Crippen molar-refractivity contribution in [2.24, 2.45) is 5.73 Å². The van der Waals surface area contributed by atoms with Crippen molar-refractivity contribution in [1.29, 1.82) is 0 Å². The zero-order valence-electron chi connectivity index (χ0n) is 12.0. The number of carbonyl (C=O) groups is 1. The Morgan fingerprint density at radius 1 is 1.40 bits per heavy atom. The Hall–Kier alpha value is -1.62. The highest BCUT2D eigenvalue weighted by molar-refractivity contribution is 7.80. The van der Waals surface area contributed by atoms with Crippen LogP contribution in [0.25, 0.3) is 0 Å². The number of hydrogen-bond donors (Lipinski definition) is 2. The van der Waals surface area contributed by atoms with Crippen molar-refractivity contribution >= 4 is 28.9 Å². The van der Waals surface area contributed by atoms with Crippen molar-refractivity contribution in [3.05, 3.63) is 29.3 Å². The molecule has 4 nitrogen and oxygen atoms in total. The van der Waals surface area contributed by atoms with E-state index < -0.39 is 0 Å². The first-order valence-electron chi connectivity index (χ1n) is 6.94. The number of thiocarbonyl (C=S) groups is 1. The molecule has 0 radical (unpaired) electrons. The number of likely N-dealkylation sites (tertiary alicyclic amines) is 1. The first-order chi connectivity index (χ1) is 9.50. The van der Waals surface area contributed by atoms with Gasteiger partial charge in [-0.2, -0.15) is 0 Å². The SMILES string of the molecule is Cc1cccc(NC(=S)N2CCCCC2C(N)=O)c1C. The van der Waals surface area contributed by atoms with Gasteiger partial charge in [0.05, 0.1) is 0 Å². The molecule has 5 heteroatoms. The van der Waals surface area contributed by atoms with Crippen LogP contribution in [0.2, 0.25) is 0 Å². The predicted molar refractivity (Wildman–Crippen MR) is 85.7 cm³/mol. The fourth-order valence-electron chi connectivity index (χ4n) is 2.54. The van der Waals surface area contributed by atoms with Gasteiger partial charge in [-0.15, -0.1) is 0 Å². The second-order valence-corrected chi connectivity index (χ2v) is 5.67. The first-order valence-corrected chi connectivity index (χ1v) is 7.34. The summed E-state index contributed by atoms with van der Waals surface area (Å²) in [6, 6.07) is 5.78. The topological polar surface area (TPSA) is 58.4 Å². The molecule has 20 heavy (non-hydrogen) atoms. The molecule has 0 saturated carbocycles. The average molecular weight is 291 g/mol. The minimum Gasteiger partial charge on any atom is -0.368 e. The third kappa shape index (κ3) is 3.10. The van der Waals surface area contributed by atoms with Crippen LogP contribution in [0.15, 0.2) is 18.2 Å². The van der Waals surface area contributed by atoms with Gasteiger partial charge in [-0.3, -0.25) is 4.79 Å². The van der Waals surface area contributed by atoms with Crippen molar-refractivity contribution in [3.63, 3.8) is 0 Å². The number of hydrogen-bond acceptors (Lipinski definition) is 2. The van der Waals surface area contributed by atoms with Gasteiger partial charge in [0.2, 0.25) is 5.91 Å². The molecule has 0 aromatic heterocycles. The summed E-state index contributed by atoms with van der Waals surface area (Å²) in [6.07, 6.45) is 2.85. The molecule has 1 fully saturated rings. The van der Waals surface area contributed by atoms with Gasteiger partial charge in [-0.05, 0) is 62.5 Å². The third-order valence-electron chi connectivity index (χ3n) is 3.94. The summed E-state index contributed by atoms with van der Waals surface area (Å²) in [5.74, 6) is -0.296. The summed E-state index contributed by atoms with van der Waals surface area (Å²) in [7, 11) is 0. The van der Waals surface area contributed by atoms with Crippen LogP contribution in [0.4, 0.5) is 5.69 Å². The maximum atomic E-state index is 11.5. The van der Waals surface area contributed by atoms with Crippen LogP contribution in [-0.2, 0) is 4.79 Å². The number of anilines is 1. The molecule has 0 bridgehead atoms. The Labute approximate surface area is 125 Å². The minimum absolute atomic E-state index is 0.283. The number of rotatable bonds is 2. The van der Waals surface area contributed by atoms with Crippen molar-refractivity contribution < 1.29 is 4.79 Å². The average Bonchev–Trinajstić information content (AvgIpc) is 2.43. The first kappa shape index (κ1) is 14.8. The van der Waals surface area contributed by atoms with E-state index in [1.54, 1.807) is 0 Å². The van der Waals surface area contributed by atoms with E-state index in [1.807, 2.05) is 17.0 Å². The smallest absolute Gasteiger partial charge is 0.240 e. The van der Waals surface area contributed by atoms with E-state index in [2.05, 4.69) is 25.2 Å². The molecule has 1 atom stereocenters. The molecule has 3 N–H and O–H groups in total. The molecule has 108 valence electrons. The van der Waals surface area contributed by atoms with Crippen LogP contribution in [0.5, 0.6) is 0 Å². The molecule has 1 heterocycles. The molecule has 1 aromatic rings. The number of carbonyl (C=O) groups excluding carboxylic acids is 1. The molecular weight excluding hydrogens is 270 g/mol.